The van der Waals surface area contributed by atoms with Crippen LogP contribution in [0.25, 0.3) is 0 Å². The molecule has 1 aromatic rings. The Morgan fingerprint density at radius 3 is 2.65 bits per heavy atom. The summed E-state index contributed by atoms with van der Waals surface area (Å²) in [7, 11) is 0. The molecular weight excluding hydrogens is 248 g/mol. The van der Waals surface area contributed by atoms with Crippen molar-refractivity contribution in [3.8, 4) is 0 Å². The molecule has 0 aliphatic carbocycles. The number of carbonyl (C=O) groups excluding carboxylic acids is 1. The average molecular weight is 276 g/mol. The number of aryl methyl sites for hydroxylation is 1. The zero-order valence-electron chi connectivity index (χ0n) is 13.1. The van der Waals surface area contributed by atoms with Crippen molar-refractivity contribution in [1.29, 1.82) is 0 Å². The van der Waals surface area contributed by atoms with Gasteiger partial charge in [0.1, 0.15) is 0 Å². The van der Waals surface area contributed by atoms with Crippen LogP contribution in [0.2, 0.25) is 0 Å². The number of nitrogens with one attached hydrogen (secondary N) is 1. The zero-order chi connectivity index (χ0) is 14.8. The molecule has 1 aromatic carbocycles. The van der Waals surface area contributed by atoms with Gasteiger partial charge in [-0.1, -0.05) is 31.9 Å². The predicted molar refractivity (Wildman–Crippen MR) is 86.2 cm³/mol. The van der Waals surface area contributed by atoms with E-state index in [1.807, 2.05) is 24.0 Å². The second kappa shape index (κ2) is 9.54. The molecule has 0 bridgehead atoms. The molecule has 3 heteroatoms. The van der Waals surface area contributed by atoms with Gasteiger partial charge >= 0.3 is 0 Å². The first-order valence-corrected chi connectivity index (χ1v) is 7.76. The third kappa shape index (κ3) is 5.74. The van der Waals surface area contributed by atoms with Crippen LogP contribution in [0.5, 0.6) is 0 Å². The van der Waals surface area contributed by atoms with Crippen LogP contribution in [-0.2, 0) is 4.79 Å². The molecule has 0 aromatic heterocycles. The third-order valence-corrected chi connectivity index (χ3v) is 3.40. The van der Waals surface area contributed by atoms with E-state index in [1.165, 1.54) is 24.8 Å². The molecule has 1 rings (SSSR count). The van der Waals surface area contributed by atoms with Gasteiger partial charge in [-0.25, -0.2) is 0 Å². The van der Waals surface area contributed by atoms with E-state index in [0.717, 1.165) is 25.3 Å². The minimum Gasteiger partial charge on any atom is -0.316 e. The molecule has 3 nitrogen and oxygen atoms in total. The average Bonchev–Trinajstić information content (AvgIpc) is 2.43. The highest BCUT2D eigenvalue weighted by molar-refractivity contribution is 5.93. The van der Waals surface area contributed by atoms with Gasteiger partial charge in [0.2, 0.25) is 5.91 Å². The van der Waals surface area contributed by atoms with Gasteiger partial charge in [-0.2, -0.15) is 0 Å². The van der Waals surface area contributed by atoms with Gasteiger partial charge in [-0.05, 0) is 44.5 Å². The van der Waals surface area contributed by atoms with Gasteiger partial charge in [0, 0.05) is 25.2 Å². The van der Waals surface area contributed by atoms with Crippen LogP contribution in [0.15, 0.2) is 24.3 Å². The molecule has 0 unspecified atom stereocenters. The summed E-state index contributed by atoms with van der Waals surface area (Å²) in [4.78, 5) is 14.1. The molecule has 0 spiro atoms. The van der Waals surface area contributed by atoms with Crippen LogP contribution in [0.1, 0.15) is 45.1 Å². The molecule has 0 saturated heterocycles. The Morgan fingerprint density at radius 2 is 2.00 bits per heavy atom. The molecule has 0 heterocycles. The van der Waals surface area contributed by atoms with E-state index in [-0.39, 0.29) is 5.91 Å². The fraction of sp³-hybridized carbons (Fsp3) is 0.588. The normalized spacial score (nSPS) is 10.6. The maximum Gasteiger partial charge on any atom is 0.228 e. The van der Waals surface area contributed by atoms with Crippen molar-refractivity contribution in [2.45, 2.75) is 46.5 Å². The smallest absolute Gasteiger partial charge is 0.228 e. The molecule has 0 radical (unpaired) electrons. The molecule has 20 heavy (non-hydrogen) atoms. The highest BCUT2D eigenvalue weighted by Crippen LogP contribution is 2.16. The maximum absolute atomic E-state index is 12.3. The molecule has 0 atom stereocenters. The summed E-state index contributed by atoms with van der Waals surface area (Å²) in [6.45, 7) is 8.77. The van der Waals surface area contributed by atoms with Crippen molar-refractivity contribution in [2.24, 2.45) is 0 Å². The molecule has 0 aliphatic heterocycles. The number of hydrogen-bond acceptors (Lipinski definition) is 2. The minimum absolute atomic E-state index is 0.195. The number of hydrogen-bond donors (Lipinski definition) is 1. The number of unbranched alkanes of at least 4 members (excludes halogenated alkanes) is 2. The highest BCUT2D eigenvalue weighted by atomic mass is 16.2. The fourth-order valence-electron chi connectivity index (χ4n) is 2.25. The Hall–Kier alpha value is -1.35. The number of carbonyl (C=O) groups is 1. The Morgan fingerprint density at radius 1 is 1.20 bits per heavy atom. The molecular formula is C17H28N2O. The quantitative estimate of drug-likeness (QED) is 0.700. The predicted octanol–water partition coefficient (Wildman–Crippen LogP) is 3.52. The van der Waals surface area contributed by atoms with Gasteiger partial charge in [0.15, 0.2) is 0 Å². The summed E-state index contributed by atoms with van der Waals surface area (Å²) in [6.07, 6.45) is 4.25. The van der Waals surface area contributed by atoms with Crippen LogP contribution in [-0.4, -0.2) is 25.5 Å². The van der Waals surface area contributed by atoms with Crippen molar-refractivity contribution in [1.82, 2.24) is 5.32 Å². The molecule has 112 valence electrons. The first-order chi connectivity index (χ1) is 9.69. The SMILES string of the molecule is CCCCCNCCC(=O)N(CC)c1cccc(C)c1. The standard InChI is InChI=1S/C17H28N2O/c1-4-6-7-12-18-13-11-17(20)19(5-2)16-10-8-9-15(3)14-16/h8-10,14,18H,4-7,11-13H2,1-3H3. The summed E-state index contributed by atoms with van der Waals surface area (Å²) >= 11 is 0. The maximum atomic E-state index is 12.3. The number of rotatable bonds is 9. The van der Waals surface area contributed by atoms with Crippen molar-refractivity contribution < 1.29 is 4.79 Å². The summed E-state index contributed by atoms with van der Waals surface area (Å²) in [6, 6.07) is 8.12. The zero-order valence-corrected chi connectivity index (χ0v) is 13.1. The number of nitrogens with zero attached hydrogens (tertiary/aromatic N) is 1. The molecule has 0 aliphatic rings. The third-order valence-electron chi connectivity index (χ3n) is 3.40. The minimum atomic E-state index is 0.195. The molecule has 1 amide bonds. The van der Waals surface area contributed by atoms with Gasteiger partial charge in [0.25, 0.3) is 0 Å². The monoisotopic (exact) mass is 276 g/mol. The fourth-order valence-corrected chi connectivity index (χ4v) is 2.25. The van der Waals surface area contributed by atoms with E-state index in [2.05, 4.69) is 31.3 Å². The Kier molecular flexibility index (Phi) is 7.97. The number of anilines is 1. The Bertz CT molecular complexity index is 404. The van der Waals surface area contributed by atoms with Crippen molar-refractivity contribution in [2.75, 3.05) is 24.5 Å². The van der Waals surface area contributed by atoms with Crippen molar-refractivity contribution in [3.05, 3.63) is 29.8 Å². The first-order valence-electron chi connectivity index (χ1n) is 7.76. The topological polar surface area (TPSA) is 32.3 Å². The largest absolute Gasteiger partial charge is 0.316 e. The van der Waals surface area contributed by atoms with E-state index >= 15 is 0 Å². The summed E-state index contributed by atoms with van der Waals surface area (Å²) in [5.41, 5.74) is 2.19. The lowest BCUT2D eigenvalue weighted by Gasteiger charge is -2.21. The summed E-state index contributed by atoms with van der Waals surface area (Å²) in [5.74, 6) is 0.195. The number of benzene rings is 1. The van der Waals surface area contributed by atoms with Crippen LogP contribution in [0.4, 0.5) is 5.69 Å². The lowest BCUT2D eigenvalue weighted by Crippen LogP contribution is -2.33. The van der Waals surface area contributed by atoms with Gasteiger partial charge in [0.05, 0.1) is 0 Å². The van der Waals surface area contributed by atoms with E-state index < -0.39 is 0 Å². The van der Waals surface area contributed by atoms with Crippen molar-refractivity contribution >= 4 is 11.6 Å². The lowest BCUT2D eigenvalue weighted by atomic mass is 10.2. The van der Waals surface area contributed by atoms with Gasteiger partial charge in [-0.3, -0.25) is 4.79 Å². The highest BCUT2D eigenvalue weighted by Gasteiger charge is 2.13. The van der Waals surface area contributed by atoms with Gasteiger partial charge in [-0.15, -0.1) is 0 Å². The Labute approximate surface area is 123 Å². The lowest BCUT2D eigenvalue weighted by molar-refractivity contribution is -0.118. The Balaban J connectivity index is 2.40. The second-order valence-corrected chi connectivity index (χ2v) is 5.18. The van der Waals surface area contributed by atoms with Crippen LogP contribution in [0.3, 0.4) is 0 Å². The van der Waals surface area contributed by atoms with Gasteiger partial charge < -0.3 is 10.2 Å². The summed E-state index contributed by atoms with van der Waals surface area (Å²) in [5, 5.41) is 3.35. The number of amides is 1. The molecule has 0 saturated carbocycles. The van der Waals surface area contributed by atoms with E-state index in [1.54, 1.807) is 0 Å². The van der Waals surface area contributed by atoms with Crippen molar-refractivity contribution in [3.63, 3.8) is 0 Å². The van der Waals surface area contributed by atoms with Crippen LogP contribution in [0, 0.1) is 6.92 Å². The molecule has 0 fully saturated rings. The van der Waals surface area contributed by atoms with Crippen LogP contribution < -0.4 is 10.2 Å². The van der Waals surface area contributed by atoms with E-state index in [0.29, 0.717) is 6.42 Å². The van der Waals surface area contributed by atoms with E-state index in [4.69, 9.17) is 0 Å². The summed E-state index contributed by atoms with van der Waals surface area (Å²) < 4.78 is 0. The van der Waals surface area contributed by atoms with E-state index in [9.17, 15) is 4.79 Å². The second-order valence-electron chi connectivity index (χ2n) is 5.18. The molecule has 1 N–H and O–H groups in total. The first kappa shape index (κ1) is 16.7. The van der Waals surface area contributed by atoms with Crippen LogP contribution >= 0.6 is 0 Å².